The zero-order chi connectivity index (χ0) is 20.5. The van der Waals surface area contributed by atoms with Crippen molar-refractivity contribution in [2.24, 2.45) is 0 Å². The Morgan fingerprint density at radius 3 is 2.75 bits per heavy atom. The minimum Gasteiger partial charge on any atom is -0.487 e. The van der Waals surface area contributed by atoms with E-state index in [-0.39, 0.29) is 10.8 Å². The standard InChI is InChI=1S/C20H19N3O4S/c1-14(2)13-27-18-9-4-3-8-17(18)21-20(28)22-19(24)11-10-15-6-5-7-16(12-15)23(25)26/h3-12H,1,13H2,2H3,(H2,21,22,24,28)/b11-10+. The van der Waals surface area contributed by atoms with E-state index in [2.05, 4.69) is 17.2 Å². The van der Waals surface area contributed by atoms with Gasteiger partial charge in [-0.15, -0.1) is 0 Å². The SMILES string of the molecule is C=C(C)COc1ccccc1NC(=S)NC(=O)/C=C/c1cccc([N+](=O)[O-])c1. The zero-order valence-electron chi connectivity index (χ0n) is 15.2. The molecule has 0 radical (unpaired) electrons. The van der Waals surface area contributed by atoms with Crippen molar-refractivity contribution in [2.45, 2.75) is 6.92 Å². The maximum absolute atomic E-state index is 12.0. The topological polar surface area (TPSA) is 93.5 Å². The van der Waals surface area contributed by atoms with Crippen LogP contribution in [0, 0.1) is 10.1 Å². The molecule has 7 nitrogen and oxygen atoms in total. The molecule has 0 bridgehead atoms. The summed E-state index contributed by atoms with van der Waals surface area (Å²) in [5.41, 5.74) is 1.96. The van der Waals surface area contributed by atoms with E-state index in [1.54, 1.807) is 24.3 Å². The lowest BCUT2D eigenvalue weighted by atomic mass is 10.2. The molecule has 28 heavy (non-hydrogen) atoms. The van der Waals surface area contributed by atoms with Crippen LogP contribution in [0.3, 0.4) is 0 Å². The molecule has 2 aromatic rings. The Bertz CT molecular complexity index is 941. The average molecular weight is 397 g/mol. The summed E-state index contributed by atoms with van der Waals surface area (Å²) < 4.78 is 5.64. The van der Waals surface area contributed by atoms with Crippen LogP contribution in [-0.4, -0.2) is 22.5 Å². The monoisotopic (exact) mass is 397 g/mol. The molecule has 0 aliphatic carbocycles. The highest BCUT2D eigenvalue weighted by atomic mass is 32.1. The molecular formula is C20H19N3O4S. The van der Waals surface area contributed by atoms with Gasteiger partial charge in [0.05, 0.1) is 10.6 Å². The average Bonchev–Trinajstić information content (AvgIpc) is 2.65. The molecule has 2 N–H and O–H groups in total. The number of nitrogens with zero attached hydrogens (tertiary/aromatic N) is 1. The van der Waals surface area contributed by atoms with Crippen LogP contribution in [0.2, 0.25) is 0 Å². The lowest BCUT2D eigenvalue weighted by molar-refractivity contribution is -0.384. The molecule has 1 amide bonds. The van der Waals surface area contributed by atoms with Crippen LogP contribution < -0.4 is 15.4 Å². The van der Waals surface area contributed by atoms with E-state index >= 15 is 0 Å². The summed E-state index contributed by atoms with van der Waals surface area (Å²) in [6, 6.07) is 13.1. The Labute approximate surface area is 167 Å². The number of ether oxygens (including phenoxy) is 1. The number of amides is 1. The molecule has 2 rings (SSSR count). The maximum Gasteiger partial charge on any atom is 0.270 e. The maximum atomic E-state index is 12.0. The number of anilines is 1. The van der Waals surface area contributed by atoms with Gasteiger partial charge in [0.25, 0.3) is 5.69 Å². The fraction of sp³-hybridized carbons (Fsp3) is 0.100. The highest BCUT2D eigenvalue weighted by Crippen LogP contribution is 2.24. The molecule has 8 heteroatoms. The largest absolute Gasteiger partial charge is 0.487 e. The van der Waals surface area contributed by atoms with E-state index in [4.69, 9.17) is 17.0 Å². The van der Waals surface area contributed by atoms with Gasteiger partial charge in [-0.3, -0.25) is 20.2 Å². The number of nitro benzene ring substituents is 1. The van der Waals surface area contributed by atoms with Crippen molar-refractivity contribution < 1.29 is 14.5 Å². The predicted octanol–water partition coefficient (Wildman–Crippen LogP) is 4.08. The van der Waals surface area contributed by atoms with Gasteiger partial charge in [-0.2, -0.15) is 0 Å². The lowest BCUT2D eigenvalue weighted by Gasteiger charge is -2.13. The first-order valence-corrected chi connectivity index (χ1v) is 8.66. The number of hydrogen-bond acceptors (Lipinski definition) is 5. The summed E-state index contributed by atoms with van der Waals surface area (Å²) in [5.74, 6) is 0.110. The molecule has 0 fully saturated rings. The third-order valence-corrected chi connectivity index (χ3v) is 3.56. The van der Waals surface area contributed by atoms with Gasteiger partial charge in [0.15, 0.2) is 5.11 Å². The van der Waals surface area contributed by atoms with E-state index in [1.165, 1.54) is 24.3 Å². The van der Waals surface area contributed by atoms with Gasteiger partial charge in [-0.05, 0) is 48.5 Å². The molecule has 0 aromatic heterocycles. The van der Waals surface area contributed by atoms with Crippen LogP contribution in [0.5, 0.6) is 5.75 Å². The number of non-ortho nitro benzene ring substituents is 1. The number of benzene rings is 2. The number of hydrogen-bond donors (Lipinski definition) is 2. The van der Waals surface area contributed by atoms with Gasteiger partial charge in [0.1, 0.15) is 12.4 Å². The summed E-state index contributed by atoms with van der Waals surface area (Å²) >= 11 is 5.15. The number of rotatable bonds is 7. The third kappa shape index (κ3) is 6.65. The quantitative estimate of drug-likeness (QED) is 0.240. The number of carbonyl (C=O) groups is 1. The molecule has 0 saturated carbocycles. The fourth-order valence-electron chi connectivity index (χ4n) is 2.12. The van der Waals surface area contributed by atoms with E-state index in [9.17, 15) is 14.9 Å². The molecule has 0 spiro atoms. The van der Waals surface area contributed by atoms with E-state index in [0.717, 1.165) is 5.57 Å². The fourth-order valence-corrected chi connectivity index (χ4v) is 2.33. The van der Waals surface area contributed by atoms with E-state index in [0.29, 0.717) is 23.6 Å². The highest BCUT2D eigenvalue weighted by molar-refractivity contribution is 7.80. The number of para-hydroxylation sites is 2. The second-order valence-corrected chi connectivity index (χ2v) is 6.28. The Hall–Kier alpha value is -3.52. The molecule has 0 saturated heterocycles. The van der Waals surface area contributed by atoms with Gasteiger partial charge in [0, 0.05) is 18.2 Å². The van der Waals surface area contributed by atoms with Gasteiger partial charge in [0.2, 0.25) is 5.91 Å². The zero-order valence-corrected chi connectivity index (χ0v) is 16.0. The number of nitro groups is 1. The summed E-state index contributed by atoms with van der Waals surface area (Å²) in [7, 11) is 0. The van der Waals surface area contributed by atoms with Crippen LogP contribution >= 0.6 is 12.2 Å². The predicted molar refractivity (Wildman–Crippen MR) is 113 cm³/mol. The van der Waals surface area contributed by atoms with Crippen LogP contribution in [-0.2, 0) is 4.79 Å². The highest BCUT2D eigenvalue weighted by Gasteiger charge is 2.07. The summed E-state index contributed by atoms with van der Waals surface area (Å²) in [6.07, 6.45) is 2.71. The second kappa shape index (κ2) is 9.98. The minimum absolute atomic E-state index is 0.0499. The Morgan fingerprint density at radius 1 is 1.29 bits per heavy atom. The van der Waals surface area contributed by atoms with E-state index in [1.807, 2.05) is 19.1 Å². The van der Waals surface area contributed by atoms with Crippen molar-refractivity contribution in [3.63, 3.8) is 0 Å². The van der Waals surface area contributed by atoms with Gasteiger partial charge < -0.3 is 10.1 Å². The van der Waals surface area contributed by atoms with Crippen molar-refractivity contribution >= 4 is 40.7 Å². The number of carbonyl (C=O) groups excluding carboxylic acids is 1. The molecule has 0 aliphatic heterocycles. The van der Waals surface area contributed by atoms with Crippen LogP contribution in [0.4, 0.5) is 11.4 Å². The first kappa shape index (κ1) is 20.8. The van der Waals surface area contributed by atoms with Crippen molar-refractivity contribution in [1.29, 1.82) is 0 Å². The van der Waals surface area contributed by atoms with Gasteiger partial charge >= 0.3 is 0 Å². The van der Waals surface area contributed by atoms with Gasteiger partial charge in [-0.25, -0.2) is 0 Å². The lowest BCUT2D eigenvalue weighted by Crippen LogP contribution is -2.32. The summed E-state index contributed by atoms with van der Waals surface area (Å²) in [4.78, 5) is 22.3. The van der Waals surface area contributed by atoms with Crippen molar-refractivity contribution in [1.82, 2.24) is 5.32 Å². The van der Waals surface area contributed by atoms with Crippen molar-refractivity contribution in [2.75, 3.05) is 11.9 Å². The van der Waals surface area contributed by atoms with Crippen molar-refractivity contribution in [3.8, 4) is 5.75 Å². The molecule has 144 valence electrons. The van der Waals surface area contributed by atoms with Crippen molar-refractivity contribution in [3.05, 3.63) is 82.4 Å². The summed E-state index contributed by atoms with van der Waals surface area (Å²) in [5, 5.41) is 16.3. The smallest absolute Gasteiger partial charge is 0.270 e. The second-order valence-electron chi connectivity index (χ2n) is 5.87. The van der Waals surface area contributed by atoms with Gasteiger partial charge in [-0.1, -0.05) is 30.8 Å². The normalized spacial score (nSPS) is 10.3. The molecule has 0 atom stereocenters. The third-order valence-electron chi connectivity index (χ3n) is 3.35. The van der Waals surface area contributed by atoms with E-state index < -0.39 is 10.8 Å². The number of thiocarbonyl (C=S) groups is 1. The Morgan fingerprint density at radius 2 is 2.04 bits per heavy atom. The molecule has 2 aromatic carbocycles. The van der Waals surface area contributed by atoms with Crippen LogP contribution in [0.15, 0.2) is 66.8 Å². The molecule has 0 aliphatic rings. The first-order chi connectivity index (χ1) is 13.3. The minimum atomic E-state index is -0.496. The van der Waals surface area contributed by atoms with Crippen LogP contribution in [0.25, 0.3) is 6.08 Å². The molecule has 0 heterocycles. The Kier molecular flexibility index (Phi) is 7.41. The first-order valence-electron chi connectivity index (χ1n) is 8.26. The molecule has 0 unspecified atom stereocenters. The summed E-state index contributed by atoms with van der Waals surface area (Å²) in [6.45, 7) is 6.01. The van der Waals surface area contributed by atoms with Crippen LogP contribution in [0.1, 0.15) is 12.5 Å². The molecular weight excluding hydrogens is 378 g/mol. The number of nitrogens with one attached hydrogen (secondary N) is 2. The Balaban J connectivity index is 1.96.